The molecule has 0 fully saturated rings. The highest BCUT2D eigenvalue weighted by atomic mass is 127. The second kappa shape index (κ2) is 11.5. The molecule has 0 bridgehead atoms. The molecular weight excluding hydrogens is 468 g/mol. The van der Waals surface area contributed by atoms with E-state index in [9.17, 15) is 13.2 Å². The van der Waals surface area contributed by atoms with E-state index in [1.54, 1.807) is 7.05 Å². The normalized spacial score (nSPS) is 15.4. The van der Waals surface area contributed by atoms with Crippen LogP contribution < -0.4 is 5.32 Å². The highest BCUT2D eigenvalue weighted by Gasteiger charge is 2.28. The number of hydrogen-bond donors (Lipinski definition) is 1. The lowest BCUT2D eigenvalue weighted by Gasteiger charge is -2.30. The van der Waals surface area contributed by atoms with Gasteiger partial charge in [-0.15, -0.1) is 24.0 Å². The van der Waals surface area contributed by atoms with Crippen LogP contribution in [0.1, 0.15) is 18.4 Å². The van der Waals surface area contributed by atoms with E-state index in [-0.39, 0.29) is 24.0 Å². The van der Waals surface area contributed by atoms with E-state index in [4.69, 9.17) is 0 Å². The smallest absolute Gasteiger partial charge is 0.356 e. The lowest BCUT2D eigenvalue weighted by Crippen LogP contribution is -2.44. The molecular formula is C19H28F3IN4. The molecule has 4 nitrogen and oxygen atoms in total. The molecule has 2 rings (SSSR count). The highest BCUT2D eigenvalue weighted by Crippen LogP contribution is 2.22. The van der Waals surface area contributed by atoms with Crippen LogP contribution in [-0.2, 0) is 0 Å². The van der Waals surface area contributed by atoms with Gasteiger partial charge >= 0.3 is 6.18 Å². The Morgan fingerprint density at radius 2 is 1.96 bits per heavy atom. The van der Waals surface area contributed by atoms with Crippen LogP contribution in [0.3, 0.4) is 0 Å². The minimum absolute atomic E-state index is 0. The molecule has 1 aliphatic rings. The third-order valence-electron chi connectivity index (χ3n) is 4.31. The second-order valence-corrected chi connectivity index (χ2v) is 6.47. The first-order chi connectivity index (χ1) is 12.4. The monoisotopic (exact) mass is 496 g/mol. The van der Waals surface area contributed by atoms with Gasteiger partial charge in [0.05, 0.1) is 6.54 Å². The van der Waals surface area contributed by atoms with E-state index in [1.165, 1.54) is 23.1 Å². The van der Waals surface area contributed by atoms with Crippen molar-refractivity contribution in [3.05, 3.63) is 42.0 Å². The molecule has 1 aromatic rings. The van der Waals surface area contributed by atoms with Crippen LogP contribution in [-0.4, -0.2) is 68.8 Å². The van der Waals surface area contributed by atoms with Gasteiger partial charge in [-0.3, -0.25) is 9.89 Å². The number of hydrogen-bond acceptors (Lipinski definition) is 2. The number of benzene rings is 1. The molecule has 8 heteroatoms. The molecule has 0 saturated heterocycles. The first-order valence-electron chi connectivity index (χ1n) is 8.84. The molecule has 0 amide bonds. The van der Waals surface area contributed by atoms with Crippen molar-refractivity contribution in [2.24, 2.45) is 4.99 Å². The van der Waals surface area contributed by atoms with Crippen molar-refractivity contribution in [2.45, 2.75) is 19.0 Å². The number of halogens is 4. The van der Waals surface area contributed by atoms with Crippen molar-refractivity contribution < 1.29 is 13.2 Å². The summed E-state index contributed by atoms with van der Waals surface area (Å²) in [7, 11) is 3.22. The van der Waals surface area contributed by atoms with E-state index in [2.05, 4.69) is 33.4 Å². The summed E-state index contributed by atoms with van der Waals surface area (Å²) in [6.45, 7) is 1.76. The molecule has 1 heterocycles. The third-order valence-corrected chi connectivity index (χ3v) is 4.31. The molecule has 0 radical (unpaired) electrons. The fourth-order valence-electron chi connectivity index (χ4n) is 3.04. The van der Waals surface area contributed by atoms with Gasteiger partial charge in [0.25, 0.3) is 0 Å². The molecule has 0 atom stereocenters. The predicted octanol–water partition coefficient (Wildman–Crippen LogP) is 3.85. The van der Waals surface area contributed by atoms with Crippen LogP contribution >= 0.6 is 24.0 Å². The molecule has 0 unspecified atom stereocenters. The topological polar surface area (TPSA) is 30.9 Å². The lowest BCUT2D eigenvalue weighted by molar-refractivity contribution is -0.143. The fourth-order valence-corrected chi connectivity index (χ4v) is 3.04. The molecule has 27 heavy (non-hydrogen) atoms. The zero-order valence-corrected chi connectivity index (χ0v) is 18.1. The number of aliphatic imine (C=N–C) groups is 1. The van der Waals surface area contributed by atoms with Crippen molar-refractivity contribution >= 4 is 35.5 Å². The molecule has 0 aromatic heterocycles. The Morgan fingerprint density at radius 1 is 1.26 bits per heavy atom. The van der Waals surface area contributed by atoms with Gasteiger partial charge in [-0.25, -0.2) is 0 Å². The molecule has 1 aromatic carbocycles. The summed E-state index contributed by atoms with van der Waals surface area (Å²) in [4.78, 5) is 7.74. The average Bonchev–Trinajstić information content (AvgIpc) is 2.61. The molecule has 0 saturated carbocycles. The van der Waals surface area contributed by atoms with Crippen LogP contribution in [0.2, 0.25) is 0 Å². The van der Waals surface area contributed by atoms with Crippen LogP contribution in [0.15, 0.2) is 41.4 Å². The van der Waals surface area contributed by atoms with Crippen molar-refractivity contribution in [3.8, 4) is 0 Å². The van der Waals surface area contributed by atoms with Crippen LogP contribution in [0.4, 0.5) is 13.2 Å². The highest BCUT2D eigenvalue weighted by molar-refractivity contribution is 14.0. The quantitative estimate of drug-likeness (QED) is 0.281. The van der Waals surface area contributed by atoms with E-state index in [0.29, 0.717) is 19.5 Å². The molecule has 1 N–H and O–H groups in total. The number of alkyl halides is 3. The van der Waals surface area contributed by atoms with E-state index >= 15 is 0 Å². The first kappa shape index (κ1) is 23.7. The summed E-state index contributed by atoms with van der Waals surface area (Å²) in [5.74, 6) is 0.798. The van der Waals surface area contributed by atoms with Gasteiger partial charge in [0.15, 0.2) is 5.96 Å². The Bertz CT molecular complexity index is 617. The second-order valence-electron chi connectivity index (χ2n) is 6.47. The van der Waals surface area contributed by atoms with Crippen molar-refractivity contribution in [1.82, 2.24) is 15.1 Å². The number of rotatable bonds is 6. The standard InChI is InChI=1S/C19H27F3N4.HI/c1-23-18(24-11-6-12-25(2)15-19(20,21)22)26-13-9-17(10-14-26)16-7-4-3-5-8-16;/h3-5,7-9H,6,10-15H2,1-2H3,(H,23,24);1H. The maximum absolute atomic E-state index is 12.3. The van der Waals surface area contributed by atoms with Crippen LogP contribution in [0, 0.1) is 0 Å². The summed E-state index contributed by atoms with van der Waals surface area (Å²) in [5, 5.41) is 3.25. The zero-order valence-electron chi connectivity index (χ0n) is 15.8. The summed E-state index contributed by atoms with van der Waals surface area (Å²) in [5.41, 5.74) is 2.59. The zero-order chi connectivity index (χ0) is 19.0. The van der Waals surface area contributed by atoms with Gasteiger partial charge in [-0.1, -0.05) is 36.4 Å². The summed E-state index contributed by atoms with van der Waals surface area (Å²) in [6.07, 6.45) is -0.360. The third kappa shape index (κ3) is 8.50. The minimum Gasteiger partial charge on any atom is -0.356 e. The van der Waals surface area contributed by atoms with E-state index in [0.717, 1.165) is 25.5 Å². The fraction of sp³-hybridized carbons (Fsp3) is 0.526. The summed E-state index contributed by atoms with van der Waals surface area (Å²) < 4.78 is 36.9. The summed E-state index contributed by atoms with van der Waals surface area (Å²) in [6, 6.07) is 10.3. The first-order valence-corrected chi connectivity index (χ1v) is 8.84. The van der Waals surface area contributed by atoms with Gasteiger partial charge in [-0.2, -0.15) is 13.2 Å². The number of nitrogens with one attached hydrogen (secondary N) is 1. The Hall–Kier alpha value is -1.29. The SMILES string of the molecule is CN=C(NCCCN(C)CC(F)(F)F)N1CC=C(c2ccccc2)CC1.I. The minimum atomic E-state index is -4.14. The van der Waals surface area contributed by atoms with E-state index in [1.807, 2.05) is 18.2 Å². The van der Waals surface area contributed by atoms with Gasteiger partial charge in [0.2, 0.25) is 0 Å². The van der Waals surface area contributed by atoms with Crippen LogP contribution in [0.25, 0.3) is 5.57 Å². The Kier molecular flexibility index (Phi) is 10.1. The molecule has 0 aliphatic carbocycles. The molecule has 152 valence electrons. The average molecular weight is 496 g/mol. The number of nitrogens with zero attached hydrogens (tertiary/aromatic N) is 3. The predicted molar refractivity (Wildman–Crippen MR) is 116 cm³/mol. The van der Waals surface area contributed by atoms with Gasteiger partial charge in [0.1, 0.15) is 0 Å². The van der Waals surface area contributed by atoms with Gasteiger partial charge in [0, 0.05) is 26.7 Å². The largest absolute Gasteiger partial charge is 0.401 e. The van der Waals surface area contributed by atoms with E-state index < -0.39 is 12.7 Å². The van der Waals surface area contributed by atoms with Crippen LogP contribution in [0.5, 0.6) is 0 Å². The Morgan fingerprint density at radius 3 is 2.52 bits per heavy atom. The maximum Gasteiger partial charge on any atom is 0.401 e. The Balaban J connectivity index is 0.00000364. The lowest BCUT2D eigenvalue weighted by atomic mass is 10.00. The van der Waals surface area contributed by atoms with Gasteiger partial charge < -0.3 is 10.2 Å². The summed E-state index contributed by atoms with van der Waals surface area (Å²) >= 11 is 0. The molecule has 0 spiro atoms. The molecule has 1 aliphatic heterocycles. The Labute approximate surface area is 176 Å². The maximum atomic E-state index is 12.3. The number of guanidine groups is 1. The van der Waals surface area contributed by atoms with Crippen molar-refractivity contribution in [3.63, 3.8) is 0 Å². The van der Waals surface area contributed by atoms with Crippen molar-refractivity contribution in [2.75, 3.05) is 46.8 Å². The van der Waals surface area contributed by atoms with Gasteiger partial charge in [-0.05, 0) is 37.6 Å². The van der Waals surface area contributed by atoms with Crippen molar-refractivity contribution in [1.29, 1.82) is 0 Å².